The summed E-state index contributed by atoms with van der Waals surface area (Å²) in [6.07, 6.45) is 18.2. The zero-order chi connectivity index (χ0) is 18.6. The molecule has 2 aliphatic carbocycles. The van der Waals surface area contributed by atoms with Gasteiger partial charge in [-0.1, -0.05) is 24.3 Å². The molecular weight excluding hydrogens is 392 g/mol. The van der Waals surface area contributed by atoms with Crippen LogP contribution in [0.2, 0.25) is 0 Å². The normalized spacial score (nSPS) is 24.0. The van der Waals surface area contributed by atoms with Crippen molar-refractivity contribution in [2.24, 2.45) is 0 Å². The Balaban J connectivity index is 0.000000329. The molecular formula is C23H22FeN2O2+2. The van der Waals surface area contributed by atoms with Crippen molar-refractivity contribution in [3.8, 4) is 0 Å². The van der Waals surface area contributed by atoms with Crippen LogP contribution in [0.3, 0.4) is 0 Å². The molecule has 28 heavy (non-hydrogen) atoms. The monoisotopic (exact) mass is 414 g/mol. The van der Waals surface area contributed by atoms with Crippen LogP contribution in [0, 0.1) is 63.7 Å². The summed E-state index contributed by atoms with van der Waals surface area (Å²) >= 11 is 0. The minimum absolute atomic E-state index is 0. The van der Waals surface area contributed by atoms with Gasteiger partial charge in [-0.2, -0.15) is 0 Å². The average Bonchev–Trinajstić information content (AvgIpc) is 3.43. The average molecular weight is 414 g/mol. The van der Waals surface area contributed by atoms with Crippen LogP contribution in [0.5, 0.6) is 0 Å². The van der Waals surface area contributed by atoms with Crippen LogP contribution in [0.15, 0.2) is 24.3 Å². The first-order chi connectivity index (χ1) is 13.2. The van der Waals surface area contributed by atoms with Gasteiger partial charge in [0.05, 0.1) is 18.5 Å². The van der Waals surface area contributed by atoms with Crippen molar-refractivity contribution in [3.05, 3.63) is 99.1 Å². The molecule has 4 nitrogen and oxygen atoms in total. The van der Waals surface area contributed by atoms with Crippen molar-refractivity contribution >= 4 is 11.8 Å². The largest absolute Gasteiger partial charge is 2.00 e. The predicted molar refractivity (Wildman–Crippen MR) is 103 cm³/mol. The number of rotatable bonds is 1. The summed E-state index contributed by atoms with van der Waals surface area (Å²) < 4.78 is 0. The Morgan fingerprint density at radius 3 is 2.25 bits per heavy atom. The SMILES string of the molecule is O=C([C]1[CH][CH][CH][CH]1)N1CC(=O)N2CCc3ccccc3C2C1.[CH]1[CH][CH][CH][CH]1.[Fe+2]. The molecule has 1 saturated heterocycles. The molecule has 2 amide bonds. The van der Waals surface area contributed by atoms with Gasteiger partial charge in [-0.05, 0) is 75.3 Å². The molecule has 10 radical (unpaired) electrons. The number of nitrogens with zero attached hydrogens (tertiary/aromatic N) is 2. The number of amides is 2. The van der Waals surface area contributed by atoms with Crippen LogP contribution < -0.4 is 0 Å². The second-order valence-electron chi connectivity index (χ2n) is 6.87. The number of fused-ring (bicyclic) bond motifs is 3. The zero-order valence-corrected chi connectivity index (χ0v) is 16.6. The quantitative estimate of drug-likeness (QED) is 0.663. The van der Waals surface area contributed by atoms with Gasteiger partial charge in [-0.3, -0.25) is 9.59 Å². The molecule has 1 unspecified atom stereocenters. The maximum absolute atomic E-state index is 12.5. The molecule has 2 heterocycles. The van der Waals surface area contributed by atoms with Gasteiger partial charge in [0.15, 0.2) is 0 Å². The van der Waals surface area contributed by atoms with E-state index < -0.39 is 0 Å². The molecule has 1 aromatic rings. The topological polar surface area (TPSA) is 40.6 Å². The number of carbonyl (C=O) groups excluding carboxylic acids is 2. The van der Waals surface area contributed by atoms with E-state index in [2.05, 4.69) is 12.1 Å². The molecule has 4 aliphatic rings. The van der Waals surface area contributed by atoms with Gasteiger partial charge in [0.25, 0.3) is 0 Å². The maximum atomic E-state index is 12.5. The van der Waals surface area contributed by atoms with Crippen LogP contribution in [0.4, 0.5) is 0 Å². The van der Waals surface area contributed by atoms with E-state index >= 15 is 0 Å². The van der Waals surface area contributed by atoms with Crippen LogP contribution >= 0.6 is 0 Å². The van der Waals surface area contributed by atoms with Crippen LogP contribution in [0.25, 0.3) is 0 Å². The zero-order valence-electron chi connectivity index (χ0n) is 15.5. The first-order valence-corrected chi connectivity index (χ1v) is 9.29. The number of benzene rings is 1. The van der Waals surface area contributed by atoms with Crippen molar-refractivity contribution < 1.29 is 26.7 Å². The summed E-state index contributed by atoms with van der Waals surface area (Å²) in [6.45, 7) is 1.51. The smallest absolute Gasteiger partial charge is 0.332 e. The molecule has 1 atom stereocenters. The third kappa shape index (κ3) is 4.63. The van der Waals surface area contributed by atoms with Crippen molar-refractivity contribution in [3.63, 3.8) is 0 Å². The molecule has 5 rings (SSSR count). The van der Waals surface area contributed by atoms with E-state index in [1.54, 1.807) is 17.7 Å². The molecule has 142 valence electrons. The molecule has 0 spiro atoms. The first-order valence-electron chi connectivity index (χ1n) is 9.29. The van der Waals surface area contributed by atoms with Crippen LogP contribution in [-0.2, 0) is 33.1 Å². The standard InChI is InChI=1S/C18H17N2O2.C5H5.Fe/c21-17-12-19(18(22)14-6-1-2-7-14)11-16-15-8-4-3-5-13(15)9-10-20(16)17;1-2-4-5-3-1;/h1-8,16H,9-12H2;1-5H;/q;;+2. The Morgan fingerprint density at radius 2 is 1.57 bits per heavy atom. The van der Waals surface area contributed by atoms with Gasteiger partial charge in [-0.25, -0.2) is 0 Å². The van der Waals surface area contributed by atoms with Crippen molar-refractivity contribution in [2.75, 3.05) is 19.6 Å². The molecule has 2 saturated carbocycles. The van der Waals surface area contributed by atoms with Crippen LogP contribution in [-0.4, -0.2) is 41.2 Å². The maximum Gasteiger partial charge on any atom is 2.00 e. The van der Waals surface area contributed by atoms with Gasteiger partial charge >= 0.3 is 17.1 Å². The van der Waals surface area contributed by atoms with Gasteiger partial charge < -0.3 is 9.80 Å². The second kappa shape index (κ2) is 9.93. The fourth-order valence-corrected chi connectivity index (χ4v) is 3.85. The number of piperazine rings is 1. The number of carbonyl (C=O) groups is 2. The predicted octanol–water partition coefficient (Wildman–Crippen LogP) is 2.38. The Bertz CT molecular complexity index is 675. The van der Waals surface area contributed by atoms with E-state index in [0.29, 0.717) is 12.5 Å². The Morgan fingerprint density at radius 1 is 0.929 bits per heavy atom. The van der Waals surface area contributed by atoms with E-state index in [0.717, 1.165) is 13.0 Å². The van der Waals surface area contributed by atoms with E-state index in [4.69, 9.17) is 0 Å². The summed E-state index contributed by atoms with van der Waals surface area (Å²) in [6, 6.07) is 8.23. The molecule has 2 aliphatic heterocycles. The summed E-state index contributed by atoms with van der Waals surface area (Å²) in [4.78, 5) is 28.6. The van der Waals surface area contributed by atoms with E-state index in [1.807, 2.05) is 62.0 Å². The minimum Gasteiger partial charge on any atom is -0.332 e. The Labute approximate surface area is 179 Å². The van der Waals surface area contributed by atoms with Crippen molar-refractivity contribution in [1.29, 1.82) is 0 Å². The first kappa shape index (κ1) is 21.4. The van der Waals surface area contributed by atoms with E-state index in [9.17, 15) is 9.59 Å². The van der Waals surface area contributed by atoms with Gasteiger partial charge in [0.2, 0.25) is 11.8 Å². The van der Waals surface area contributed by atoms with Crippen LogP contribution in [0.1, 0.15) is 17.2 Å². The Hall–Kier alpha value is -1.32. The molecule has 3 fully saturated rings. The van der Waals surface area contributed by atoms with Crippen molar-refractivity contribution in [1.82, 2.24) is 9.80 Å². The summed E-state index contributed by atoms with van der Waals surface area (Å²) in [7, 11) is 0. The molecule has 0 N–H and O–H groups in total. The molecule has 0 aromatic heterocycles. The number of hydrogen-bond donors (Lipinski definition) is 0. The van der Waals surface area contributed by atoms with Gasteiger partial charge in [0.1, 0.15) is 0 Å². The fraction of sp³-hybridized carbons (Fsp3) is 0.217. The van der Waals surface area contributed by atoms with Gasteiger partial charge in [-0.15, -0.1) is 0 Å². The second-order valence-corrected chi connectivity index (χ2v) is 6.87. The summed E-state index contributed by atoms with van der Waals surface area (Å²) in [5, 5.41) is 0. The number of hydrogen-bond acceptors (Lipinski definition) is 2. The third-order valence-corrected chi connectivity index (χ3v) is 5.20. The molecule has 1 aromatic carbocycles. The summed E-state index contributed by atoms with van der Waals surface area (Å²) in [5.41, 5.74) is 2.47. The Kier molecular flexibility index (Phi) is 7.59. The third-order valence-electron chi connectivity index (χ3n) is 5.20. The minimum atomic E-state index is -0.0546. The van der Waals surface area contributed by atoms with Gasteiger partial charge in [0, 0.05) is 13.1 Å². The van der Waals surface area contributed by atoms with Crippen molar-refractivity contribution in [2.45, 2.75) is 12.5 Å². The molecule has 0 bridgehead atoms. The molecule has 5 heteroatoms. The van der Waals surface area contributed by atoms with E-state index in [-0.39, 0.29) is 41.5 Å². The summed E-state index contributed by atoms with van der Waals surface area (Å²) in [5.74, 6) is 0.650. The van der Waals surface area contributed by atoms with E-state index in [1.165, 1.54) is 11.1 Å². The fourth-order valence-electron chi connectivity index (χ4n) is 3.85.